The third kappa shape index (κ3) is 4.03. The molecule has 1 heterocycles. The summed E-state index contributed by atoms with van der Waals surface area (Å²) >= 11 is 0. The molecule has 0 radical (unpaired) electrons. The maximum atomic E-state index is 14.4. The van der Waals surface area contributed by atoms with Gasteiger partial charge >= 0.3 is 0 Å². The minimum atomic E-state index is -0.628. The van der Waals surface area contributed by atoms with Crippen molar-refractivity contribution < 1.29 is 23.5 Å². The van der Waals surface area contributed by atoms with Crippen LogP contribution in [0.2, 0.25) is 0 Å². The first-order chi connectivity index (χ1) is 15.1. The van der Waals surface area contributed by atoms with Crippen LogP contribution >= 0.6 is 0 Å². The number of fused-ring (bicyclic) bond motifs is 1. The topological polar surface area (TPSA) is 55.8 Å². The lowest BCUT2D eigenvalue weighted by atomic mass is 10.1. The van der Waals surface area contributed by atoms with E-state index in [1.807, 2.05) is 24.3 Å². The molecule has 0 aromatic heterocycles. The average molecular weight is 423 g/mol. The van der Waals surface area contributed by atoms with E-state index >= 15 is 0 Å². The summed E-state index contributed by atoms with van der Waals surface area (Å²) in [4.78, 5) is 26.4. The minimum absolute atomic E-state index is 0.0644. The number of carbonyl (C=O) groups excluding carboxylic acids is 2. The third-order valence-corrected chi connectivity index (χ3v) is 6.61. The number of ketones is 1. The quantitative estimate of drug-likeness (QED) is 0.675. The highest BCUT2D eigenvalue weighted by Gasteiger charge is 2.36. The normalized spacial score (nSPS) is 21.1. The summed E-state index contributed by atoms with van der Waals surface area (Å²) in [5.74, 6) is 1.36. The first-order valence-electron chi connectivity index (χ1n) is 11.1. The van der Waals surface area contributed by atoms with Gasteiger partial charge in [-0.25, -0.2) is 4.39 Å². The second-order valence-corrected chi connectivity index (χ2v) is 8.69. The predicted octanol–water partition coefficient (Wildman–Crippen LogP) is 4.71. The van der Waals surface area contributed by atoms with Crippen molar-refractivity contribution in [1.82, 2.24) is 0 Å². The number of carbonyl (C=O) groups is 2. The molecule has 5 rings (SSSR count). The minimum Gasteiger partial charge on any atom is -0.493 e. The number of benzene rings is 2. The van der Waals surface area contributed by atoms with Crippen LogP contribution in [-0.4, -0.2) is 30.9 Å². The Morgan fingerprint density at radius 3 is 2.48 bits per heavy atom. The van der Waals surface area contributed by atoms with Gasteiger partial charge in [-0.2, -0.15) is 0 Å². The average Bonchev–Trinajstić information content (AvgIpc) is 3.50. The van der Waals surface area contributed by atoms with E-state index in [2.05, 4.69) is 0 Å². The third-order valence-electron chi connectivity index (χ3n) is 6.61. The second-order valence-electron chi connectivity index (χ2n) is 8.69. The Labute approximate surface area is 181 Å². The summed E-state index contributed by atoms with van der Waals surface area (Å²) < 4.78 is 26.2. The van der Waals surface area contributed by atoms with Crippen LogP contribution < -0.4 is 14.4 Å². The molecule has 2 aliphatic carbocycles. The summed E-state index contributed by atoms with van der Waals surface area (Å²) in [5, 5.41) is 0. The van der Waals surface area contributed by atoms with Gasteiger partial charge in [-0.3, -0.25) is 9.59 Å². The lowest BCUT2D eigenvalue weighted by Gasteiger charge is -2.18. The zero-order valence-corrected chi connectivity index (χ0v) is 17.4. The van der Waals surface area contributed by atoms with E-state index in [4.69, 9.17) is 9.47 Å². The predicted molar refractivity (Wildman–Crippen MR) is 114 cm³/mol. The molecule has 1 saturated carbocycles. The highest BCUT2D eigenvalue weighted by molar-refractivity contribution is 6.04. The van der Waals surface area contributed by atoms with Crippen molar-refractivity contribution in [1.29, 1.82) is 0 Å². The summed E-state index contributed by atoms with van der Waals surface area (Å²) in [6, 6.07) is 10.4. The lowest BCUT2D eigenvalue weighted by Crippen LogP contribution is -2.32. The molecule has 162 valence electrons. The van der Waals surface area contributed by atoms with Gasteiger partial charge < -0.3 is 14.4 Å². The first kappa shape index (κ1) is 20.0. The van der Waals surface area contributed by atoms with Gasteiger partial charge in [0.1, 0.15) is 17.3 Å². The van der Waals surface area contributed by atoms with Crippen LogP contribution in [0.3, 0.4) is 0 Å². The summed E-state index contributed by atoms with van der Waals surface area (Å²) in [5.41, 5.74) is 1.29. The van der Waals surface area contributed by atoms with E-state index in [0.29, 0.717) is 54.3 Å². The molecular formula is C25H26FNO4. The van der Waals surface area contributed by atoms with E-state index in [1.54, 1.807) is 6.07 Å². The van der Waals surface area contributed by atoms with Gasteiger partial charge in [-0.15, -0.1) is 0 Å². The maximum Gasteiger partial charge on any atom is 0.268 e. The highest BCUT2D eigenvalue weighted by atomic mass is 19.1. The van der Waals surface area contributed by atoms with Gasteiger partial charge in [0.15, 0.2) is 11.9 Å². The van der Waals surface area contributed by atoms with Crippen molar-refractivity contribution in [3.8, 4) is 11.5 Å². The molecule has 0 bridgehead atoms. The number of Topliss-reactive ketones (excluding diaryl/α,β-unsaturated/α-hetero) is 1. The molecule has 0 N–H and O–H groups in total. The molecule has 0 spiro atoms. The Balaban J connectivity index is 1.22. The van der Waals surface area contributed by atoms with Gasteiger partial charge in [0.25, 0.3) is 5.91 Å². The second kappa shape index (κ2) is 8.33. The zero-order chi connectivity index (χ0) is 21.4. The van der Waals surface area contributed by atoms with E-state index in [0.717, 1.165) is 12.4 Å². The molecule has 6 heteroatoms. The molecular weight excluding hydrogens is 397 g/mol. The number of halogens is 1. The molecule has 1 aliphatic heterocycles. The molecule has 1 amide bonds. The van der Waals surface area contributed by atoms with Crippen LogP contribution in [0.4, 0.5) is 10.1 Å². The van der Waals surface area contributed by atoms with Gasteiger partial charge in [0.2, 0.25) is 0 Å². The van der Waals surface area contributed by atoms with Crippen molar-refractivity contribution in [2.45, 2.75) is 51.0 Å². The molecule has 31 heavy (non-hydrogen) atoms. The zero-order valence-electron chi connectivity index (χ0n) is 17.4. The Morgan fingerprint density at radius 2 is 1.71 bits per heavy atom. The van der Waals surface area contributed by atoms with Gasteiger partial charge in [-0.1, -0.05) is 12.8 Å². The number of amides is 1. The number of ether oxygens (including phenoxy) is 2. The first-order valence-corrected chi connectivity index (χ1v) is 11.1. The lowest BCUT2D eigenvalue weighted by molar-refractivity contribution is -0.122. The summed E-state index contributed by atoms with van der Waals surface area (Å²) in [6.45, 7) is 1.18. The van der Waals surface area contributed by atoms with E-state index in [9.17, 15) is 14.0 Å². The summed E-state index contributed by atoms with van der Waals surface area (Å²) in [6.07, 6.45) is 5.70. The van der Waals surface area contributed by atoms with Crippen LogP contribution in [0.1, 0.15) is 54.4 Å². The molecule has 1 atom stereocenters. The molecule has 5 nitrogen and oxygen atoms in total. The fraction of sp³-hybridized carbons (Fsp3) is 0.440. The monoisotopic (exact) mass is 423 g/mol. The fourth-order valence-corrected chi connectivity index (χ4v) is 4.84. The van der Waals surface area contributed by atoms with Crippen LogP contribution in [0.15, 0.2) is 36.4 Å². The molecule has 2 aromatic carbocycles. The standard InChI is InChI=1S/C25H26FNO4/c26-22-14-17(13-21-20(22)9-10-23(21)28)27-12-11-24(25(27)29)31-19-7-5-18(6-8-19)30-15-16-3-1-2-4-16/h5-8,13-14,16,24H,1-4,9-12,15H2/t24-/m1/s1. The number of hydrogen-bond acceptors (Lipinski definition) is 4. The van der Waals surface area contributed by atoms with Crippen molar-refractivity contribution in [3.05, 3.63) is 53.3 Å². The number of anilines is 1. The molecule has 2 fully saturated rings. The largest absolute Gasteiger partial charge is 0.493 e. The Morgan fingerprint density at radius 1 is 0.968 bits per heavy atom. The number of rotatable bonds is 6. The van der Waals surface area contributed by atoms with Crippen molar-refractivity contribution in [2.24, 2.45) is 5.92 Å². The molecule has 3 aliphatic rings. The van der Waals surface area contributed by atoms with Gasteiger partial charge in [-0.05, 0) is 67.1 Å². The number of hydrogen-bond donors (Lipinski definition) is 0. The van der Waals surface area contributed by atoms with E-state index < -0.39 is 11.9 Å². The highest BCUT2D eigenvalue weighted by Crippen LogP contribution is 2.33. The van der Waals surface area contributed by atoms with Crippen molar-refractivity contribution in [2.75, 3.05) is 18.1 Å². The Hall–Kier alpha value is -2.89. The smallest absolute Gasteiger partial charge is 0.268 e. The molecule has 1 saturated heterocycles. The van der Waals surface area contributed by atoms with Gasteiger partial charge in [0.05, 0.1) is 6.61 Å². The fourth-order valence-electron chi connectivity index (χ4n) is 4.84. The van der Waals surface area contributed by atoms with Gasteiger partial charge in [0, 0.05) is 30.6 Å². The molecule has 0 unspecified atom stereocenters. The Bertz CT molecular complexity index is 997. The molecule has 2 aromatic rings. The Kier molecular flexibility index (Phi) is 5.38. The maximum absolute atomic E-state index is 14.4. The van der Waals surface area contributed by atoms with E-state index in [-0.39, 0.29) is 11.7 Å². The van der Waals surface area contributed by atoms with Crippen LogP contribution in [0.25, 0.3) is 0 Å². The van der Waals surface area contributed by atoms with Crippen LogP contribution in [-0.2, 0) is 11.2 Å². The van der Waals surface area contributed by atoms with Crippen LogP contribution in [0.5, 0.6) is 11.5 Å². The number of nitrogens with zero attached hydrogens (tertiary/aromatic N) is 1. The van der Waals surface area contributed by atoms with Crippen molar-refractivity contribution >= 4 is 17.4 Å². The summed E-state index contributed by atoms with van der Waals surface area (Å²) in [7, 11) is 0. The van der Waals surface area contributed by atoms with Crippen LogP contribution in [0, 0.1) is 11.7 Å². The van der Waals surface area contributed by atoms with Crippen molar-refractivity contribution in [3.63, 3.8) is 0 Å². The van der Waals surface area contributed by atoms with E-state index in [1.165, 1.54) is 36.6 Å². The SMILES string of the molecule is O=C1CCc2c(F)cc(N3CC[C@@H](Oc4ccc(OCC5CCCC5)cc4)C3=O)cc21.